The molecule has 180 valence electrons. The quantitative estimate of drug-likeness (QED) is 0.296. The van der Waals surface area contributed by atoms with Crippen molar-refractivity contribution in [1.82, 2.24) is 14.7 Å². The summed E-state index contributed by atoms with van der Waals surface area (Å²) in [6.07, 6.45) is 4.16. The van der Waals surface area contributed by atoms with E-state index in [1.54, 1.807) is 7.11 Å². The Morgan fingerprint density at radius 3 is 2.22 bits per heavy atom. The van der Waals surface area contributed by atoms with Crippen LogP contribution < -0.4 is 10.1 Å². The van der Waals surface area contributed by atoms with E-state index in [1.165, 1.54) is 0 Å². The third kappa shape index (κ3) is 5.01. The van der Waals surface area contributed by atoms with Crippen LogP contribution in [0.25, 0.3) is 5.65 Å². The molecule has 0 saturated carbocycles. The summed E-state index contributed by atoms with van der Waals surface area (Å²) in [4.78, 5) is 18.3. The minimum atomic E-state index is -0.240. The Balaban J connectivity index is 1.50. The van der Waals surface area contributed by atoms with Crippen molar-refractivity contribution in [3.63, 3.8) is 0 Å². The fraction of sp³-hybridized carbons (Fsp3) is 0.161. The van der Waals surface area contributed by atoms with Crippen molar-refractivity contribution in [2.45, 2.75) is 25.3 Å². The zero-order chi connectivity index (χ0) is 24.9. The molecule has 5 aromatic rings. The van der Waals surface area contributed by atoms with Gasteiger partial charge < -0.3 is 14.5 Å². The zero-order valence-corrected chi connectivity index (χ0v) is 20.5. The zero-order valence-electron chi connectivity index (χ0n) is 20.5. The Bertz CT molecular complexity index is 1420. The summed E-state index contributed by atoms with van der Waals surface area (Å²) in [5.41, 5.74) is 6.06. The van der Waals surface area contributed by atoms with E-state index in [1.807, 2.05) is 103 Å². The molecule has 0 aliphatic rings. The summed E-state index contributed by atoms with van der Waals surface area (Å²) in [5.74, 6) is 0.515. The number of ether oxygens (including phenoxy) is 1. The Hall–Kier alpha value is -4.38. The van der Waals surface area contributed by atoms with Gasteiger partial charge in [-0.1, -0.05) is 72.8 Å². The van der Waals surface area contributed by atoms with E-state index >= 15 is 0 Å². The van der Waals surface area contributed by atoms with Gasteiger partial charge in [0.2, 0.25) is 5.91 Å². The summed E-state index contributed by atoms with van der Waals surface area (Å²) in [6.45, 7) is 2.05. The van der Waals surface area contributed by atoms with E-state index in [9.17, 15) is 4.79 Å². The average Bonchev–Trinajstić information content (AvgIpc) is 3.34. The molecule has 5 heteroatoms. The van der Waals surface area contributed by atoms with Crippen LogP contribution in [0.15, 0.2) is 109 Å². The van der Waals surface area contributed by atoms with Crippen LogP contribution in [0.3, 0.4) is 0 Å². The van der Waals surface area contributed by atoms with Gasteiger partial charge in [-0.25, -0.2) is 4.98 Å². The third-order valence-electron chi connectivity index (χ3n) is 6.51. The van der Waals surface area contributed by atoms with Crippen molar-refractivity contribution in [1.29, 1.82) is 0 Å². The monoisotopic (exact) mass is 475 g/mol. The number of methoxy groups -OCH3 is 1. The van der Waals surface area contributed by atoms with E-state index in [2.05, 4.69) is 27.7 Å². The van der Waals surface area contributed by atoms with Crippen molar-refractivity contribution < 1.29 is 9.53 Å². The predicted molar refractivity (Wildman–Crippen MR) is 142 cm³/mol. The van der Waals surface area contributed by atoms with Gasteiger partial charge in [0.15, 0.2) is 0 Å². The number of imidazole rings is 1. The lowest BCUT2D eigenvalue weighted by molar-refractivity contribution is -0.121. The van der Waals surface area contributed by atoms with Gasteiger partial charge in [-0.05, 0) is 53.4 Å². The molecule has 5 rings (SSSR count). The number of aromatic nitrogens is 2. The van der Waals surface area contributed by atoms with Crippen LogP contribution in [0.2, 0.25) is 0 Å². The molecule has 0 saturated heterocycles. The number of nitrogens with zero attached hydrogens (tertiary/aromatic N) is 2. The highest BCUT2D eigenvalue weighted by Gasteiger charge is 2.25. The normalized spacial score (nSPS) is 12.0. The minimum Gasteiger partial charge on any atom is -0.497 e. The van der Waals surface area contributed by atoms with Gasteiger partial charge in [0, 0.05) is 24.7 Å². The highest BCUT2D eigenvalue weighted by atomic mass is 16.5. The Morgan fingerprint density at radius 1 is 0.889 bits per heavy atom. The number of hydrogen-bond donors (Lipinski definition) is 1. The second-order valence-electron chi connectivity index (χ2n) is 8.97. The van der Waals surface area contributed by atoms with Crippen LogP contribution in [0, 0.1) is 6.92 Å². The van der Waals surface area contributed by atoms with Crippen molar-refractivity contribution in [2.75, 3.05) is 7.11 Å². The first-order chi connectivity index (χ1) is 17.6. The number of carbonyl (C=O) groups excluding carboxylic acids is 1. The summed E-state index contributed by atoms with van der Waals surface area (Å²) in [5, 5.41) is 3.30. The SMILES string of the molecule is COc1cccc([C@H](CC(=O)NC(c2ccccc2)c2ccccc2)c2cnc3cc(C)ccn23)c1. The van der Waals surface area contributed by atoms with E-state index in [0.717, 1.165) is 39.3 Å². The standard InChI is InChI=1S/C31H29N3O2/c1-22-16-17-34-28(21-32-29(34)18-22)27(25-14-9-15-26(19-25)36-2)20-30(35)33-31(23-10-5-3-6-11-23)24-12-7-4-8-13-24/h3-19,21,27,31H,20H2,1-2H3,(H,33,35)/t27-/m0/s1. The Morgan fingerprint density at radius 2 is 1.56 bits per heavy atom. The Kier molecular flexibility index (Phi) is 6.80. The van der Waals surface area contributed by atoms with Crippen LogP contribution in [0.4, 0.5) is 0 Å². The minimum absolute atomic E-state index is 0.0393. The van der Waals surface area contributed by atoms with Gasteiger partial charge in [0.05, 0.1) is 18.8 Å². The molecule has 0 spiro atoms. The molecule has 0 fully saturated rings. The first-order valence-electron chi connectivity index (χ1n) is 12.1. The molecule has 0 aliphatic carbocycles. The van der Waals surface area contributed by atoms with Gasteiger partial charge in [0.25, 0.3) is 0 Å². The molecular formula is C31H29N3O2. The van der Waals surface area contributed by atoms with Gasteiger partial charge in [-0.2, -0.15) is 0 Å². The average molecular weight is 476 g/mol. The molecule has 1 atom stereocenters. The van der Waals surface area contributed by atoms with Crippen molar-refractivity contribution in [3.05, 3.63) is 137 Å². The lowest BCUT2D eigenvalue weighted by Gasteiger charge is -2.23. The number of fused-ring (bicyclic) bond motifs is 1. The predicted octanol–water partition coefficient (Wildman–Crippen LogP) is 6.08. The second kappa shape index (κ2) is 10.5. The maximum absolute atomic E-state index is 13.7. The molecule has 1 N–H and O–H groups in total. The highest BCUT2D eigenvalue weighted by Crippen LogP contribution is 2.32. The number of amides is 1. The molecule has 0 aliphatic heterocycles. The third-order valence-corrected chi connectivity index (χ3v) is 6.51. The molecule has 2 aromatic heterocycles. The summed E-state index contributed by atoms with van der Waals surface area (Å²) in [7, 11) is 1.65. The lowest BCUT2D eigenvalue weighted by atomic mass is 9.91. The Labute approximate surface area is 211 Å². The smallest absolute Gasteiger partial charge is 0.221 e. The number of benzene rings is 3. The van der Waals surface area contributed by atoms with Gasteiger partial charge in [-0.15, -0.1) is 0 Å². The summed E-state index contributed by atoms with van der Waals surface area (Å²) >= 11 is 0. The molecule has 3 aromatic carbocycles. The largest absolute Gasteiger partial charge is 0.497 e. The molecule has 0 unspecified atom stereocenters. The molecule has 2 heterocycles. The fourth-order valence-corrected chi connectivity index (χ4v) is 4.67. The van der Waals surface area contributed by atoms with Gasteiger partial charge in [0.1, 0.15) is 11.4 Å². The van der Waals surface area contributed by atoms with Crippen LogP contribution in [-0.2, 0) is 4.79 Å². The second-order valence-corrected chi connectivity index (χ2v) is 8.97. The lowest BCUT2D eigenvalue weighted by Crippen LogP contribution is -2.30. The number of nitrogens with one attached hydrogen (secondary N) is 1. The number of hydrogen-bond acceptors (Lipinski definition) is 3. The molecule has 1 amide bonds. The molecule has 36 heavy (non-hydrogen) atoms. The van der Waals surface area contributed by atoms with E-state index in [-0.39, 0.29) is 24.3 Å². The van der Waals surface area contributed by atoms with Crippen molar-refractivity contribution in [3.8, 4) is 5.75 Å². The maximum atomic E-state index is 13.7. The number of pyridine rings is 1. The topological polar surface area (TPSA) is 55.6 Å². The maximum Gasteiger partial charge on any atom is 0.221 e. The number of aryl methyl sites for hydroxylation is 1. The highest BCUT2D eigenvalue weighted by molar-refractivity contribution is 5.78. The van der Waals surface area contributed by atoms with Crippen molar-refractivity contribution >= 4 is 11.6 Å². The first-order valence-corrected chi connectivity index (χ1v) is 12.1. The van der Waals surface area contributed by atoms with Crippen LogP contribution in [0.1, 0.15) is 46.3 Å². The van der Waals surface area contributed by atoms with E-state index in [4.69, 9.17) is 4.74 Å². The van der Waals surface area contributed by atoms with Crippen LogP contribution >= 0.6 is 0 Å². The van der Waals surface area contributed by atoms with Crippen molar-refractivity contribution in [2.24, 2.45) is 0 Å². The summed E-state index contributed by atoms with van der Waals surface area (Å²) in [6, 6.07) is 31.9. The molecule has 5 nitrogen and oxygen atoms in total. The van der Waals surface area contributed by atoms with Gasteiger partial charge in [-0.3, -0.25) is 4.79 Å². The van der Waals surface area contributed by atoms with Crippen LogP contribution in [0.5, 0.6) is 5.75 Å². The van der Waals surface area contributed by atoms with Crippen LogP contribution in [-0.4, -0.2) is 22.4 Å². The molecule has 0 radical (unpaired) electrons. The fourth-order valence-electron chi connectivity index (χ4n) is 4.67. The first kappa shape index (κ1) is 23.4. The van der Waals surface area contributed by atoms with Gasteiger partial charge >= 0.3 is 0 Å². The molecular weight excluding hydrogens is 446 g/mol. The van der Waals surface area contributed by atoms with E-state index in [0.29, 0.717) is 0 Å². The number of rotatable bonds is 8. The summed E-state index contributed by atoms with van der Waals surface area (Å²) < 4.78 is 7.55. The number of carbonyl (C=O) groups is 1. The van der Waals surface area contributed by atoms with E-state index < -0.39 is 0 Å². The molecule has 0 bridgehead atoms.